The summed E-state index contributed by atoms with van der Waals surface area (Å²) in [4.78, 5) is 0. The molecule has 0 amide bonds. The second kappa shape index (κ2) is 7.20. The molecule has 1 heterocycles. The minimum absolute atomic E-state index is 0.523. The van der Waals surface area contributed by atoms with Crippen LogP contribution in [0.1, 0.15) is 44.7 Å². The van der Waals surface area contributed by atoms with Crippen LogP contribution in [0.15, 0.2) is 30.3 Å². The van der Waals surface area contributed by atoms with E-state index in [1.165, 1.54) is 36.3 Å². The van der Waals surface area contributed by atoms with Crippen molar-refractivity contribution in [3.63, 3.8) is 0 Å². The Bertz CT molecular complexity index is 330. The van der Waals surface area contributed by atoms with Crippen molar-refractivity contribution < 1.29 is 0 Å². The third-order valence-electron chi connectivity index (χ3n) is 3.51. The van der Waals surface area contributed by atoms with Gasteiger partial charge in [0.25, 0.3) is 0 Å². The Morgan fingerprint density at radius 2 is 2.06 bits per heavy atom. The minimum atomic E-state index is 0.523. The average molecular weight is 263 g/mol. The van der Waals surface area contributed by atoms with Gasteiger partial charge in [0.05, 0.1) is 0 Å². The minimum Gasteiger partial charge on any atom is -0.306 e. The zero-order valence-corrected chi connectivity index (χ0v) is 12.4. The first-order valence-electron chi connectivity index (χ1n) is 7.14. The van der Waals surface area contributed by atoms with Crippen LogP contribution in [0.4, 0.5) is 0 Å². The lowest BCUT2D eigenvalue weighted by molar-refractivity contribution is 0.377. The Balaban J connectivity index is 2.00. The molecule has 0 aliphatic carbocycles. The van der Waals surface area contributed by atoms with Crippen molar-refractivity contribution in [2.24, 2.45) is 5.92 Å². The van der Waals surface area contributed by atoms with E-state index in [0.717, 1.165) is 5.92 Å². The largest absolute Gasteiger partial charge is 0.306 e. The molecular formula is C16H25NS. The second-order valence-electron chi connectivity index (χ2n) is 5.67. The quantitative estimate of drug-likeness (QED) is 0.852. The van der Waals surface area contributed by atoms with Gasteiger partial charge in [-0.15, -0.1) is 0 Å². The van der Waals surface area contributed by atoms with Crippen molar-refractivity contribution in [3.8, 4) is 0 Å². The summed E-state index contributed by atoms with van der Waals surface area (Å²) in [5.41, 5.74) is 1.45. The molecule has 18 heavy (non-hydrogen) atoms. The first-order chi connectivity index (χ1) is 8.75. The number of thioether (sulfide) groups is 1. The molecule has 0 saturated carbocycles. The summed E-state index contributed by atoms with van der Waals surface area (Å²) >= 11 is 2.10. The van der Waals surface area contributed by atoms with Crippen molar-refractivity contribution in [1.29, 1.82) is 0 Å². The van der Waals surface area contributed by atoms with Gasteiger partial charge in [-0.25, -0.2) is 0 Å². The summed E-state index contributed by atoms with van der Waals surface area (Å²) in [6, 6.07) is 12.2. The summed E-state index contributed by atoms with van der Waals surface area (Å²) in [5, 5.41) is 3.88. The van der Waals surface area contributed by atoms with Crippen molar-refractivity contribution in [2.45, 2.75) is 45.2 Å². The fourth-order valence-electron chi connectivity index (χ4n) is 2.61. The molecule has 0 radical (unpaired) electrons. The summed E-state index contributed by atoms with van der Waals surface area (Å²) in [5.74, 6) is 3.36. The Kier molecular flexibility index (Phi) is 5.58. The van der Waals surface area contributed by atoms with Gasteiger partial charge in [-0.1, -0.05) is 44.2 Å². The van der Waals surface area contributed by atoms with Gasteiger partial charge in [-0.2, -0.15) is 11.8 Å². The summed E-state index contributed by atoms with van der Waals surface area (Å²) in [6.45, 7) is 4.63. The van der Waals surface area contributed by atoms with Crippen molar-refractivity contribution in [1.82, 2.24) is 5.32 Å². The highest BCUT2D eigenvalue weighted by atomic mass is 32.2. The van der Waals surface area contributed by atoms with E-state index in [-0.39, 0.29) is 0 Å². The van der Waals surface area contributed by atoms with Crippen LogP contribution in [-0.2, 0) is 0 Å². The summed E-state index contributed by atoms with van der Waals surface area (Å²) < 4.78 is 0. The topological polar surface area (TPSA) is 12.0 Å². The van der Waals surface area contributed by atoms with Crippen molar-refractivity contribution in [3.05, 3.63) is 35.9 Å². The van der Waals surface area contributed by atoms with Gasteiger partial charge in [0.15, 0.2) is 0 Å². The van der Waals surface area contributed by atoms with Gasteiger partial charge >= 0.3 is 0 Å². The van der Waals surface area contributed by atoms with Crippen molar-refractivity contribution >= 4 is 11.8 Å². The highest BCUT2D eigenvalue weighted by Gasteiger charge is 2.19. The van der Waals surface area contributed by atoms with Gasteiger partial charge in [0.1, 0.15) is 0 Å². The standard InChI is InChI=1S/C16H25NS/c1-13(2)11-16(14-7-4-3-5-8-14)17-15-9-6-10-18-12-15/h3-5,7-8,13,15-17H,6,9-12H2,1-2H3. The van der Waals surface area contributed by atoms with Crippen LogP contribution in [0.5, 0.6) is 0 Å². The fourth-order valence-corrected chi connectivity index (χ4v) is 3.70. The first-order valence-corrected chi connectivity index (χ1v) is 8.30. The molecule has 100 valence electrons. The molecule has 1 aliphatic heterocycles. The van der Waals surface area contributed by atoms with E-state index in [9.17, 15) is 0 Å². The van der Waals surface area contributed by atoms with E-state index in [1.807, 2.05) is 0 Å². The van der Waals surface area contributed by atoms with E-state index in [1.54, 1.807) is 0 Å². The van der Waals surface area contributed by atoms with Gasteiger partial charge in [-0.3, -0.25) is 0 Å². The molecule has 0 aromatic heterocycles. The zero-order valence-electron chi connectivity index (χ0n) is 11.6. The predicted molar refractivity (Wildman–Crippen MR) is 82.1 cm³/mol. The van der Waals surface area contributed by atoms with Crippen LogP contribution in [0.25, 0.3) is 0 Å². The molecule has 1 aromatic rings. The molecule has 2 unspecified atom stereocenters. The molecule has 1 fully saturated rings. The van der Waals surface area contributed by atoms with E-state index in [0.29, 0.717) is 12.1 Å². The van der Waals surface area contributed by atoms with Gasteiger partial charge < -0.3 is 5.32 Å². The number of hydrogen-bond acceptors (Lipinski definition) is 2. The maximum Gasteiger partial charge on any atom is 0.0325 e. The normalized spacial score (nSPS) is 22.1. The number of benzene rings is 1. The summed E-state index contributed by atoms with van der Waals surface area (Å²) in [7, 11) is 0. The zero-order chi connectivity index (χ0) is 12.8. The number of nitrogens with one attached hydrogen (secondary N) is 1. The van der Waals surface area contributed by atoms with Crippen LogP contribution in [0, 0.1) is 5.92 Å². The maximum absolute atomic E-state index is 3.88. The molecule has 1 saturated heterocycles. The molecule has 2 atom stereocenters. The van der Waals surface area contributed by atoms with Crippen LogP contribution in [0.3, 0.4) is 0 Å². The SMILES string of the molecule is CC(C)CC(NC1CCCSC1)c1ccccc1. The Morgan fingerprint density at radius 1 is 1.28 bits per heavy atom. The second-order valence-corrected chi connectivity index (χ2v) is 6.82. The molecular weight excluding hydrogens is 238 g/mol. The monoisotopic (exact) mass is 263 g/mol. The van der Waals surface area contributed by atoms with Crippen LogP contribution < -0.4 is 5.32 Å². The third-order valence-corrected chi connectivity index (χ3v) is 4.72. The van der Waals surface area contributed by atoms with Crippen molar-refractivity contribution in [2.75, 3.05) is 11.5 Å². The Labute approximate surface area is 116 Å². The predicted octanol–water partition coefficient (Wildman–Crippen LogP) is 4.26. The van der Waals surface area contributed by atoms with Gasteiger partial charge in [-0.05, 0) is 36.5 Å². The molecule has 1 nitrogen and oxygen atoms in total. The summed E-state index contributed by atoms with van der Waals surface area (Å²) in [6.07, 6.45) is 3.94. The first kappa shape index (κ1) is 14.0. The number of hydrogen-bond donors (Lipinski definition) is 1. The van der Waals surface area contributed by atoms with Crippen LogP contribution in [-0.4, -0.2) is 17.5 Å². The van der Waals surface area contributed by atoms with Crippen LogP contribution >= 0.6 is 11.8 Å². The smallest absolute Gasteiger partial charge is 0.0325 e. The van der Waals surface area contributed by atoms with Gasteiger partial charge in [0, 0.05) is 17.8 Å². The lowest BCUT2D eigenvalue weighted by atomic mass is 9.96. The van der Waals surface area contributed by atoms with Crippen LogP contribution in [0.2, 0.25) is 0 Å². The third kappa shape index (κ3) is 4.33. The van der Waals surface area contributed by atoms with Gasteiger partial charge in [0.2, 0.25) is 0 Å². The lowest BCUT2D eigenvalue weighted by Gasteiger charge is -2.29. The highest BCUT2D eigenvalue weighted by Crippen LogP contribution is 2.25. The molecule has 1 aromatic carbocycles. The molecule has 1 aliphatic rings. The molecule has 0 bridgehead atoms. The molecule has 0 spiro atoms. The molecule has 1 N–H and O–H groups in total. The molecule has 2 heteroatoms. The maximum atomic E-state index is 3.88. The Morgan fingerprint density at radius 3 is 2.67 bits per heavy atom. The van der Waals surface area contributed by atoms with E-state index in [4.69, 9.17) is 0 Å². The highest BCUT2D eigenvalue weighted by molar-refractivity contribution is 7.99. The van der Waals surface area contributed by atoms with E-state index >= 15 is 0 Å². The Hall–Kier alpha value is -0.470. The molecule has 2 rings (SSSR count). The van der Waals surface area contributed by atoms with E-state index in [2.05, 4.69) is 61.3 Å². The van der Waals surface area contributed by atoms with E-state index < -0.39 is 0 Å². The number of rotatable bonds is 5. The fraction of sp³-hybridized carbons (Fsp3) is 0.625. The average Bonchev–Trinajstić information content (AvgIpc) is 2.40. The lowest BCUT2D eigenvalue weighted by Crippen LogP contribution is -2.37.